The Kier molecular flexibility index (Phi) is 4.72. The van der Waals surface area contributed by atoms with E-state index in [-0.39, 0.29) is 0 Å². The summed E-state index contributed by atoms with van der Waals surface area (Å²) in [5, 5.41) is 3.36. The van der Waals surface area contributed by atoms with Gasteiger partial charge in [-0.1, -0.05) is 33.8 Å². The number of nitrogens with one attached hydrogen (secondary N) is 1. The first kappa shape index (κ1) is 11.6. The van der Waals surface area contributed by atoms with Crippen LogP contribution in [0.5, 0.6) is 0 Å². The Labute approximate surface area is 97.2 Å². The van der Waals surface area contributed by atoms with E-state index in [1.54, 1.807) is 12.1 Å². The summed E-state index contributed by atoms with van der Waals surface area (Å²) in [4.78, 5) is 10.6. The molecule has 1 aromatic rings. The van der Waals surface area contributed by atoms with Gasteiger partial charge in [0.05, 0.1) is 0 Å². The van der Waals surface area contributed by atoms with Gasteiger partial charge in [0.1, 0.15) is 0 Å². The lowest BCUT2D eigenvalue weighted by Gasteiger charge is -2.00. The lowest BCUT2D eigenvalue weighted by atomic mass is 10.2. The number of benzene rings is 1. The number of primary amides is 1. The Bertz CT molecular complexity index is 407. The molecule has 0 fully saturated rings. The highest BCUT2D eigenvalue weighted by molar-refractivity contribution is 9.09. The minimum absolute atomic E-state index is 0.569. The fraction of sp³-hybridized carbons (Fsp3) is 0.182. The highest BCUT2D eigenvalue weighted by atomic mass is 79.9. The van der Waals surface area contributed by atoms with Gasteiger partial charge in [0.25, 0.3) is 0 Å². The zero-order valence-electron chi connectivity index (χ0n) is 8.09. The smallest absolute Gasteiger partial charge is 0.316 e. The van der Waals surface area contributed by atoms with E-state index in [2.05, 4.69) is 33.1 Å². The Balaban J connectivity index is 2.75. The zero-order chi connectivity index (χ0) is 11.1. The van der Waals surface area contributed by atoms with E-state index in [9.17, 15) is 4.79 Å². The lowest BCUT2D eigenvalue weighted by Crippen LogP contribution is -2.19. The maximum Gasteiger partial charge on any atom is 0.316 e. The summed E-state index contributed by atoms with van der Waals surface area (Å²) in [5.41, 5.74) is 6.53. The van der Waals surface area contributed by atoms with Crippen LogP contribution in [0.4, 0.5) is 10.5 Å². The first-order valence-corrected chi connectivity index (χ1v) is 5.56. The zero-order valence-corrected chi connectivity index (χ0v) is 9.67. The van der Waals surface area contributed by atoms with E-state index in [4.69, 9.17) is 5.73 Å². The molecule has 4 heteroatoms. The number of carbonyl (C=O) groups is 1. The van der Waals surface area contributed by atoms with E-state index in [1.807, 2.05) is 12.1 Å². The van der Waals surface area contributed by atoms with Crippen LogP contribution in [0.25, 0.3) is 0 Å². The molecule has 3 nitrogen and oxygen atoms in total. The molecule has 0 aliphatic carbocycles. The van der Waals surface area contributed by atoms with Crippen LogP contribution in [-0.2, 0) is 0 Å². The topological polar surface area (TPSA) is 55.1 Å². The van der Waals surface area contributed by atoms with Crippen LogP contribution in [-0.4, -0.2) is 11.4 Å². The van der Waals surface area contributed by atoms with Crippen LogP contribution in [0.15, 0.2) is 24.3 Å². The lowest BCUT2D eigenvalue weighted by molar-refractivity contribution is 0.259. The molecule has 0 bridgehead atoms. The van der Waals surface area contributed by atoms with Crippen LogP contribution >= 0.6 is 15.9 Å². The molecule has 0 saturated heterocycles. The Hall–Kier alpha value is -1.47. The molecule has 1 rings (SSSR count). The molecule has 0 aliphatic rings. The van der Waals surface area contributed by atoms with Crippen LogP contribution in [0.3, 0.4) is 0 Å². The van der Waals surface area contributed by atoms with Gasteiger partial charge < -0.3 is 11.1 Å². The third kappa shape index (κ3) is 4.52. The Morgan fingerprint density at radius 1 is 1.53 bits per heavy atom. The quantitative estimate of drug-likeness (QED) is 0.627. The second-order valence-electron chi connectivity index (χ2n) is 2.81. The van der Waals surface area contributed by atoms with Crippen LogP contribution in [0, 0.1) is 11.8 Å². The van der Waals surface area contributed by atoms with Crippen molar-refractivity contribution in [2.45, 2.75) is 6.42 Å². The van der Waals surface area contributed by atoms with Crippen molar-refractivity contribution in [3.05, 3.63) is 29.8 Å². The Morgan fingerprint density at radius 2 is 2.33 bits per heavy atom. The Morgan fingerprint density at radius 3 is 3.00 bits per heavy atom. The molecule has 0 atom stereocenters. The molecule has 0 aliphatic heterocycles. The molecule has 0 radical (unpaired) electrons. The summed E-state index contributed by atoms with van der Waals surface area (Å²) in [7, 11) is 0. The molecule has 1 aromatic carbocycles. The number of anilines is 1. The van der Waals surface area contributed by atoms with Gasteiger partial charge in [0.2, 0.25) is 0 Å². The molecule has 0 aromatic heterocycles. The molecule has 3 N–H and O–H groups in total. The van der Waals surface area contributed by atoms with Gasteiger partial charge in [-0.2, -0.15) is 0 Å². The number of hydrogen-bond donors (Lipinski definition) is 2. The highest BCUT2D eigenvalue weighted by Crippen LogP contribution is 2.09. The standard InChI is InChI=1S/C11H11BrN2O/c12-7-2-1-4-9-5-3-6-10(8-9)14-11(13)15/h3,5-6,8H,2,7H2,(H3,13,14,15). The molecule has 2 amide bonds. The summed E-state index contributed by atoms with van der Waals surface area (Å²) in [6.45, 7) is 0. The third-order valence-corrected chi connectivity index (χ3v) is 1.98. The van der Waals surface area contributed by atoms with Gasteiger partial charge in [0.15, 0.2) is 0 Å². The van der Waals surface area contributed by atoms with Gasteiger partial charge in [-0.3, -0.25) is 0 Å². The average molecular weight is 267 g/mol. The fourth-order valence-corrected chi connectivity index (χ4v) is 1.23. The third-order valence-electron chi connectivity index (χ3n) is 1.58. The SMILES string of the molecule is NC(=O)Nc1cccc(C#CCCBr)c1. The van der Waals surface area contributed by atoms with Crippen molar-refractivity contribution < 1.29 is 4.79 Å². The number of alkyl halides is 1. The number of halogens is 1. The molecular weight excluding hydrogens is 256 g/mol. The van der Waals surface area contributed by atoms with E-state index < -0.39 is 6.03 Å². The predicted molar refractivity (Wildman–Crippen MR) is 64.9 cm³/mol. The van der Waals surface area contributed by atoms with Crippen molar-refractivity contribution in [3.8, 4) is 11.8 Å². The highest BCUT2D eigenvalue weighted by Gasteiger charge is 1.95. The van der Waals surface area contributed by atoms with Gasteiger partial charge in [-0.25, -0.2) is 4.79 Å². The number of urea groups is 1. The second kappa shape index (κ2) is 6.10. The van der Waals surface area contributed by atoms with Gasteiger partial charge in [0, 0.05) is 23.0 Å². The molecule has 0 spiro atoms. The summed E-state index contributed by atoms with van der Waals surface area (Å²) < 4.78 is 0. The first-order chi connectivity index (χ1) is 7.22. The number of hydrogen-bond acceptors (Lipinski definition) is 1. The van der Waals surface area contributed by atoms with E-state index in [0.717, 1.165) is 17.3 Å². The van der Waals surface area contributed by atoms with Crippen molar-refractivity contribution in [1.29, 1.82) is 0 Å². The largest absolute Gasteiger partial charge is 0.351 e. The van der Waals surface area contributed by atoms with Crippen molar-refractivity contribution in [3.63, 3.8) is 0 Å². The fourth-order valence-electron chi connectivity index (χ4n) is 1.03. The number of carbonyl (C=O) groups excluding carboxylic acids is 1. The molecule has 0 unspecified atom stereocenters. The van der Waals surface area contributed by atoms with E-state index in [0.29, 0.717) is 5.69 Å². The maximum absolute atomic E-state index is 10.6. The normalized spacial score (nSPS) is 8.87. The second-order valence-corrected chi connectivity index (χ2v) is 3.60. The van der Waals surface area contributed by atoms with Crippen LogP contribution < -0.4 is 11.1 Å². The van der Waals surface area contributed by atoms with Crippen LogP contribution in [0.2, 0.25) is 0 Å². The number of nitrogens with two attached hydrogens (primary N) is 1. The molecule has 78 valence electrons. The summed E-state index contributed by atoms with van der Waals surface area (Å²) in [6.07, 6.45) is 0.799. The molecule has 15 heavy (non-hydrogen) atoms. The van der Waals surface area contributed by atoms with E-state index >= 15 is 0 Å². The van der Waals surface area contributed by atoms with Crippen molar-refractivity contribution in [2.75, 3.05) is 10.6 Å². The minimum Gasteiger partial charge on any atom is -0.351 e. The van der Waals surface area contributed by atoms with Gasteiger partial charge >= 0.3 is 6.03 Å². The minimum atomic E-state index is -0.569. The van der Waals surface area contributed by atoms with Gasteiger partial charge in [-0.15, -0.1) is 0 Å². The number of amides is 2. The summed E-state index contributed by atoms with van der Waals surface area (Å²) >= 11 is 3.29. The van der Waals surface area contributed by atoms with Crippen molar-refractivity contribution in [2.24, 2.45) is 5.73 Å². The molecule has 0 heterocycles. The molecule has 0 saturated carbocycles. The monoisotopic (exact) mass is 266 g/mol. The first-order valence-electron chi connectivity index (χ1n) is 4.43. The summed E-state index contributed by atoms with van der Waals surface area (Å²) in [6, 6.07) is 6.68. The predicted octanol–water partition coefficient (Wildman–Crippen LogP) is 2.31. The van der Waals surface area contributed by atoms with E-state index in [1.165, 1.54) is 0 Å². The molecular formula is C11H11BrN2O. The average Bonchev–Trinajstić information content (AvgIpc) is 2.18. The van der Waals surface area contributed by atoms with Crippen molar-refractivity contribution >= 4 is 27.6 Å². The van der Waals surface area contributed by atoms with Crippen LogP contribution in [0.1, 0.15) is 12.0 Å². The van der Waals surface area contributed by atoms with Gasteiger partial charge in [-0.05, 0) is 18.2 Å². The summed E-state index contributed by atoms with van der Waals surface area (Å²) in [5.74, 6) is 5.98. The van der Waals surface area contributed by atoms with Crippen molar-refractivity contribution in [1.82, 2.24) is 0 Å². The number of rotatable bonds is 2. The maximum atomic E-state index is 10.6.